The molecule has 0 saturated heterocycles. The minimum atomic E-state index is -0.0851. The molecular formula is C63H52N4. The quantitative estimate of drug-likeness (QED) is 0.170. The average Bonchev–Trinajstić information content (AvgIpc) is 4.10. The predicted octanol–water partition coefficient (Wildman–Crippen LogP) is 17.2. The van der Waals surface area contributed by atoms with Crippen molar-refractivity contribution in [1.82, 2.24) is 18.4 Å². The monoisotopic (exact) mass is 864 g/mol. The molecule has 0 amide bonds. The van der Waals surface area contributed by atoms with Crippen molar-refractivity contribution in [3.63, 3.8) is 0 Å². The summed E-state index contributed by atoms with van der Waals surface area (Å²) in [4.78, 5) is 5.64. The van der Waals surface area contributed by atoms with E-state index in [2.05, 4.69) is 227 Å². The van der Waals surface area contributed by atoms with Gasteiger partial charge in [-0.1, -0.05) is 135 Å². The first-order valence-corrected chi connectivity index (χ1v) is 24.0. The maximum Gasteiger partial charge on any atom is 0.146 e. The van der Waals surface area contributed by atoms with E-state index in [1.165, 1.54) is 131 Å². The van der Waals surface area contributed by atoms with Crippen LogP contribution in [-0.4, -0.2) is 18.4 Å². The van der Waals surface area contributed by atoms with Crippen molar-refractivity contribution in [2.45, 2.75) is 78.6 Å². The third-order valence-electron chi connectivity index (χ3n) is 15.3. The molecule has 14 rings (SSSR count). The highest BCUT2D eigenvalue weighted by molar-refractivity contribution is 6.38. The first-order chi connectivity index (χ1) is 32.1. The maximum absolute atomic E-state index is 5.64. The molecule has 67 heavy (non-hydrogen) atoms. The predicted molar refractivity (Wildman–Crippen MR) is 287 cm³/mol. The van der Waals surface area contributed by atoms with Crippen molar-refractivity contribution in [3.8, 4) is 16.8 Å². The number of hydrogen-bond donors (Lipinski definition) is 0. The molecule has 8 aromatic carbocycles. The lowest BCUT2D eigenvalue weighted by molar-refractivity contribution is 0.591. The second-order valence-electron chi connectivity index (χ2n) is 22.5. The van der Waals surface area contributed by atoms with E-state index in [4.69, 9.17) is 4.98 Å². The topological polar surface area (TPSA) is 26.6 Å². The molecule has 0 aliphatic carbocycles. The Kier molecular flexibility index (Phi) is 7.36. The molecule has 6 aromatic heterocycles. The number of aromatic nitrogens is 4. The summed E-state index contributed by atoms with van der Waals surface area (Å²) in [5.74, 6) is 0. The zero-order valence-electron chi connectivity index (χ0n) is 39.7. The molecule has 0 unspecified atom stereocenters. The first kappa shape index (κ1) is 38.8. The van der Waals surface area contributed by atoms with Crippen molar-refractivity contribution < 1.29 is 0 Å². The second kappa shape index (κ2) is 12.7. The Morgan fingerprint density at radius 2 is 0.985 bits per heavy atom. The lowest BCUT2D eigenvalue weighted by atomic mass is 9.83. The molecule has 4 nitrogen and oxygen atoms in total. The van der Waals surface area contributed by atoms with Crippen LogP contribution in [0.15, 0.2) is 152 Å². The van der Waals surface area contributed by atoms with Crippen LogP contribution in [0.1, 0.15) is 79.0 Å². The van der Waals surface area contributed by atoms with Crippen LogP contribution in [0.5, 0.6) is 0 Å². The molecule has 0 bridgehead atoms. The van der Waals surface area contributed by atoms with Gasteiger partial charge in [0.15, 0.2) is 0 Å². The van der Waals surface area contributed by atoms with Gasteiger partial charge >= 0.3 is 0 Å². The number of benzene rings is 8. The number of para-hydroxylation sites is 2. The fourth-order valence-corrected chi connectivity index (χ4v) is 11.9. The van der Waals surface area contributed by atoms with Crippen molar-refractivity contribution in [1.29, 1.82) is 0 Å². The number of fused-ring (bicyclic) bond motifs is 18. The summed E-state index contributed by atoms with van der Waals surface area (Å²) in [6.07, 6.45) is 2.18. The van der Waals surface area contributed by atoms with Gasteiger partial charge in [-0.25, -0.2) is 4.98 Å². The SMILES string of the molecule is CC(C)(C)c1ccc2c(c1)c1c3ccccc3cc3c4c5c6cc(C(C)(C)C)cc7c8cc(C(C)(C)C)cc(-c9ccc%10c(c9)c9ccccc9n%10-c9ccccc9)c8n(c5ncc4n2c31)c76. The highest BCUT2D eigenvalue weighted by Gasteiger charge is 2.30. The maximum atomic E-state index is 5.64. The van der Waals surface area contributed by atoms with E-state index in [9.17, 15) is 0 Å². The van der Waals surface area contributed by atoms with Crippen molar-refractivity contribution in [2.75, 3.05) is 0 Å². The summed E-state index contributed by atoms with van der Waals surface area (Å²) in [6.45, 7) is 21.0. The molecule has 0 atom stereocenters. The minimum Gasteiger partial charge on any atom is -0.309 e. The Bertz CT molecular complexity index is 4420. The second-order valence-corrected chi connectivity index (χ2v) is 22.5. The van der Waals surface area contributed by atoms with Crippen LogP contribution in [0.3, 0.4) is 0 Å². The van der Waals surface area contributed by atoms with Gasteiger partial charge in [-0.2, -0.15) is 0 Å². The molecule has 324 valence electrons. The van der Waals surface area contributed by atoms with Gasteiger partial charge in [0.1, 0.15) is 5.65 Å². The zero-order valence-corrected chi connectivity index (χ0v) is 39.7. The fourth-order valence-electron chi connectivity index (χ4n) is 11.9. The minimum absolute atomic E-state index is 0.0272. The molecule has 0 fully saturated rings. The van der Waals surface area contributed by atoms with E-state index in [0.29, 0.717) is 0 Å². The zero-order chi connectivity index (χ0) is 45.6. The van der Waals surface area contributed by atoms with E-state index in [0.717, 1.165) is 11.2 Å². The third kappa shape index (κ3) is 5.11. The van der Waals surface area contributed by atoms with E-state index in [1.54, 1.807) is 0 Å². The van der Waals surface area contributed by atoms with Gasteiger partial charge in [-0.3, -0.25) is 4.40 Å². The molecule has 0 saturated carbocycles. The van der Waals surface area contributed by atoms with Gasteiger partial charge in [-0.15, -0.1) is 0 Å². The van der Waals surface area contributed by atoms with E-state index < -0.39 is 0 Å². The van der Waals surface area contributed by atoms with Crippen LogP contribution in [0.25, 0.3) is 126 Å². The lowest BCUT2D eigenvalue weighted by Gasteiger charge is -2.22. The van der Waals surface area contributed by atoms with Gasteiger partial charge in [0.05, 0.1) is 44.8 Å². The summed E-state index contributed by atoms with van der Waals surface area (Å²) in [6, 6.07) is 55.3. The number of pyridine rings is 1. The Morgan fingerprint density at radius 3 is 1.75 bits per heavy atom. The van der Waals surface area contributed by atoms with Crippen LogP contribution in [0.4, 0.5) is 0 Å². The van der Waals surface area contributed by atoms with Crippen LogP contribution < -0.4 is 0 Å². The highest BCUT2D eigenvalue weighted by atomic mass is 15.0. The molecule has 14 aromatic rings. The van der Waals surface area contributed by atoms with E-state index in [1.807, 2.05) is 0 Å². The summed E-state index contributed by atoms with van der Waals surface area (Å²) in [5, 5.41) is 15.4. The van der Waals surface area contributed by atoms with Gasteiger partial charge in [0.25, 0.3) is 0 Å². The molecule has 0 aliphatic rings. The number of nitrogens with zero attached hydrogens (tertiary/aromatic N) is 4. The molecular weight excluding hydrogens is 813 g/mol. The van der Waals surface area contributed by atoms with Gasteiger partial charge in [0.2, 0.25) is 0 Å². The van der Waals surface area contributed by atoms with Crippen LogP contribution in [-0.2, 0) is 16.2 Å². The molecule has 0 N–H and O–H groups in total. The third-order valence-corrected chi connectivity index (χ3v) is 15.3. The Balaban J connectivity index is 1.17. The van der Waals surface area contributed by atoms with Gasteiger partial charge in [-0.05, 0) is 122 Å². The summed E-state index contributed by atoms with van der Waals surface area (Å²) >= 11 is 0. The average molecular weight is 865 g/mol. The Morgan fingerprint density at radius 1 is 0.373 bits per heavy atom. The summed E-state index contributed by atoms with van der Waals surface area (Å²) < 4.78 is 7.48. The standard InChI is InChI=1S/C63H52N4/c1-61(2,3)37-24-26-52-47(29-37)54-41-20-14-13-17-35(41)28-48-55-53(66(52)59(48)54)34-64-60-56(55)49-33-39(63(7,8)9)32-46-45-31-38(62(4,5)6)30-43(57(45)67(60)58(46)49)36-23-25-51-44(27-36)42-21-15-16-22-50(42)65(51)40-18-11-10-12-19-40/h10-34H,1-9H3. The molecule has 0 spiro atoms. The van der Waals surface area contributed by atoms with Crippen LogP contribution in [0.2, 0.25) is 0 Å². The van der Waals surface area contributed by atoms with E-state index in [-0.39, 0.29) is 16.2 Å². The smallest absolute Gasteiger partial charge is 0.146 e. The first-order valence-electron chi connectivity index (χ1n) is 24.0. The lowest BCUT2D eigenvalue weighted by Crippen LogP contribution is -2.11. The van der Waals surface area contributed by atoms with E-state index >= 15 is 0 Å². The van der Waals surface area contributed by atoms with Crippen molar-refractivity contribution in [2.24, 2.45) is 0 Å². The summed E-state index contributed by atoms with van der Waals surface area (Å²) in [5.41, 5.74) is 17.0. The largest absolute Gasteiger partial charge is 0.309 e. The molecule has 4 heteroatoms. The fraction of sp³-hybridized carbons (Fsp3) is 0.190. The normalized spacial score (nSPS) is 13.4. The molecule has 0 aliphatic heterocycles. The van der Waals surface area contributed by atoms with Crippen molar-refractivity contribution >= 4 is 109 Å². The number of rotatable bonds is 2. The van der Waals surface area contributed by atoms with Crippen LogP contribution in [0, 0.1) is 0 Å². The Labute approximate surface area is 389 Å². The molecule has 6 heterocycles. The summed E-state index contributed by atoms with van der Waals surface area (Å²) in [7, 11) is 0. The van der Waals surface area contributed by atoms with Gasteiger partial charge < -0.3 is 8.97 Å². The Hall–Kier alpha value is -7.43. The van der Waals surface area contributed by atoms with Gasteiger partial charge in [0, 0.05) is 65.1 Å². The number of hydrogen-bond acceptors (Lipinski definition) is 1. The molecule has 0 radical (unpaired) electrons. The van der Waals surface area contributed by atoms with Crippen LogP contribution >= 0.6 is 0 Å². The van der Waals surface area contributed by atoms with Crippen molar-refractivity contribution in [3.05, 3.63) is 168 Å². The highest BCUT2D eigenvalue weighted by Crippen LogP contribution is 2.51.